The van der Waals surface area contributed by atoms with Crippen LogP contribution in [0, 0.1) is 0 Å². The van der Waals surface area contributed by atoms with Crippen molar-refractivity contribution in [3.05, 3.63) is 41.5 Å². The average Bonchev–Trinajstić information content (AvgIpc) is 2.99. The highest BCUT2D eigenvalue weighted by atomic mass is 16.5. The molecule has 22 heavy (non-hydrogen) atoms. The minimum Gasteiger partial charge on any atom is -0.377 e. The van der Waals surface area contributed by atoms with Crippen molar-refractivity contribution in [1.82, 2.24) is 5.32 Å². The van der Waals surface area contributed by atoms with Crippen LogP contribution in [-0.2, 0) is 11.2 Å². The molecule has 0 spiro atoms. The Hall–Kier alpha value is -1.81. The number of anilines is 1. The lowest BCUT2D eigenvalue weighted by atomic mass is 10.1. The monoisotopic (exact) mass is 299 g/mol. The molecule has 0 bridgehead atoms. The van der Waals surface area contributed by atoms with Gasteiger partial charge in [-0.15, -0.1) is 0 Å². The Balaban J connectivity index is 1.67. The summed E-state index contributed by atoms with van der Waals surface area (Å²) in [4.78, 5) is 7.15. The molecule has 0 radical (unpaired) electrons. The van der Waals surface area contributed by atoms with E-state index in [1.165, 1.54) is 16.8 Å². The molecule has 0 amide bonds. The Bertz CT molecular complexity index is 565. The summed E-state index contributed by atoms with van der Waals surface area (Å²) >= 11 is 0. The fourth-order valence-corrected chi connectivity index (χ4v) is 3.05. The zero-order valence-electron chi connectivity index (χ0n) is 13.3. The maximum Gasteiger partial charge on any atom is 0.198 e. The topological polar surface area (TPSA) is 36.9 Å². The van der Waals surface area contributed by atoms with Crippen LogP contribution in [0.25, 0.3) is 0 Å². The van der Waals surface area contributed by atoms with E-state index in [-0.39, 0.29) is 0 Å². The fourth-order valence-electron chi connectivity index (χ4n) is 3.05. The Morgan fingerprint density at radius 3 is 3.05 bits per heavy atom. The van der Waals surface area contributed by atoms with Crippen LogP contribution in [0.4, 0.5) is 5.69 Å². The Labute approximate surface area is 132 Å². The molecule has 4 heteroatoms. The van der Waals surface area contributed by atoms with E-state index in [0.717, 1.165) is 58.1 Å². The Kier molecular flexibility index (Phi) is 5.11. The second kappa shape index (κ2) is 7.45. The third-order valence-corrected chi connectivity index (χ3v) is 4.23. The molecule has 0 fully saturated rings. The number of nitrogens with zero attached hydrogens (tertiary/aromatic N) is 2. The van der Waals surface area contributed by atoms with Crippen molar-refractivity contribution in [2.75, 3.05) is 37.7 Å². The van der Waals surface area contributed by atoms with Crippen LogP contribution in [0.5, 0.6) is 0 Å². The van der Waals surface area contributed by atoms with E-state index in [0.29, 0.717) is 0 Å². The molecular formula is C18H25N3O. The number of hydrogen-bond donors (Lipinski definition) is 1. The molecule has 2 heterocycles. The van der Waals surface area contributed by atoms with Gasteiger partial charge in [0.25, 0.3) is 0 Å². The van der Waals surface area contributed by atoms with Gasteiger partial charge in [0.1, 0.15) is 0 Å². The van der Waals surface area contributed by atoms with Gasteiger partial charge in [-0.05, 0) is 37.8 Å². The van der Waals surface area contributed by atoms with Gasteiger partial charge in [0, 0.05) is 25.3 Å². The van der Waals surface area contributed by atoms with E-state index in [1.807, 2.05) is 0 Å². The molecule has 0 saturated heterocycles. The molecule has 0 aromatic heterocycles. The Morgan fingerprint density at radius 2 is 2.23 bits per heavy atom. The molecule has 0 atom stereocenters. The van der Waals surface area contributed by atoms with Crippen LogP contribution in [0.2, 0.25) is 0 Å². The molecule has 0 aliphatic carbocycles. The van der Waals surface area contributed by atoms with Crippen LogP contribution >= 0.6 is 0 Å². The molecule has 1 N–H and O–H groups in total. The second-order valence-corrected chi connectivity index (χ2v) is 5.70. The minimum absolute atomic E-state index is 0.763. The largest absolute Gasteiger partial charge is 0.377 e. The van der Waals surface area contributed by atoms with Gasteiger partial charge >= 0.3 is 0 Å². The Morgan fingerprint density at radius 1 is 1.32 bits per heavy atom. The van der Waals surface area contributed by atoms with Crippen molar-refractivity contribution in [2.24, 2.45) is 4.99 Å². The number of para-hydroxylation sites is 1. The maximum absolute atomic E-state index is 5.35. The summed E-state index contributed by atoms with van der Waals surface area (Å²) in [5, 5.41) is 3.43. The molecule has 1 aromatic rings. The average molecular weight is 299 g/mol. The summed E-state index contributed by atoms with van der Waals surface area (Å²) in [7, 11) is 0. The van der Waals surface area contributed by atoms with Gasteiger partial charge in [-0.1, -0.05) is 29.8 Å². The van der Waals surface area contributed by atoms with Crippen molar-refractivity contribution in [3.8, 4) is 0 Å². The van der Waals surface area contributed by atoms with Gasteiger partial charge in [0.05, 0.1) is 13.2 Å². The summed E-state index contributed by atoms with van der Waals surface area (Å²) in [5.74, 6) is 1.01. The van der Waals surface area contributed by atoms with E-state index < -0.39 is 0 Å². The third kappa shape index (κ3) is 3.50. The first-order valence-corrected chi connectivity index (χ1v) is 8.28. The first-order chi connectivity index (χ1) is 10.9. The maximum atomic E-state index is 5.35. The van der Waals surface area contributed by atoms with Crippen LogP contribution in [0.3, 0.4) is 0 Å². The van der Waals surface area contributed by atoms with Gasteiger partial charge in [-0.25, -0.2) is 0 Å². The number of nitrogens with one attached hydrogen (secondary N) is 1. The first-order valence-electron chi connectivity index (χ1n) is 8.28. The van der Waals surface area contributed by atoms with Gasteiger partial charge in [-0.3, -0.25) is 4.99 Å². The SMILES string of the molecule is CCNC(=NCCC1=CCOCC1)N1CCc2ccccc21. The molecule has 3 rings (SSSR count). The van der Waals surface area contributed by atoms with Gasteiger partial charge in [0.15, 0.2) is 5.96 Å². The molecule has 2 aliphatic rings. The van der Waals surface area contributed by atoms with E-state index in [1.54, 1.807) is 0 Å². The second-order valence-electron chi connectivity index (χ2n) is 5.70. The number of rotatable bonds is 4. The predicted octanol–water partition coefficient (Wildman–Crippen LogP) is 2.75. The van der Waals surface area contributed by atoms with Crippen molar-refractivity contribution < 1.29 is 4.74 Å². The standard InChI is InChI=1S/C18H25N3O/c1-2-19-18(20-11-7-15-9-13-22-14-10-15)21-12-8-16-5-3-4-6-17(16)21/h3-6,9H,2,7-8,10-14H2,1H3,(H,19,20). The quantitative estimate of drug-likeness (QED) is 0.528. The van der Waals surface area contributed by atoms with Crippen molar-refractivity contribution >= 4 is 11.6 Å². The summed E-state index contributed by atoms with van der Waals surface area (Å²) in [5.41, 5.74) is 4.19. The summed E-state index contributed by atoms with van der Waals surface area (Å²) < 4.78 is 5.35. The number of ether oxygens (including phenoxy) is 1. The normalized spacial score (nSPS) is 18.1. The highest BCUT2D eigenvalue weighted by molar-refractivity contribution is 5.97. The number of guanidine groups is 1. The lowest BCUT2D eigenvalue weighted by Gasteiger charge is -2.22. The van der Waals surface area contributed by atoms with Gasteiger partial charge < -0.3 is 15.0 Å². The van der Waals surface area contributed by atoms with Crippen LogP contribution in [0.15, 0.2) is 40.9 Å². The van der Waals surface area contributed by atoms with Crippen molar-refractivity contribution in [1.29, 1.82) is 0 Å². The highest BCUT2D eigenvalue weighted by Gasteiger charge is 2.22. The number of hydrogen-bond acceptors (Lipinski definition) is 2. The van der Waals surface area contributed by atoms with E-state index >= 15 is 0 Å². The smallest absolute Gasteiger partial charge is 0.198 e. The van der Waals surface area contributed by atoms with Crippen LogP contribution in [0.1, 0.15) is 25.3 Å². The number of fused-ring (bicyclic) bond motifs is 1. The zero-order valence-corrected chi connectivity index (χ0v) is 13.3. The van der Waals surface area contributed by atoms with Crippen molar-refractivity contribution in [2.45, 2.75) is 26.2 Å². The lowest BCUT2D eigenvalue weighted by Crippen LogP contribution is -2.40. The number of benzene rings is 1. The molecule has 1 aromatic carbocycles. The van der Waals surface area contributed by atoms with Crippen LogP contribution in [-0.4, -0.2) is 38.8 Å². The molecule has 2 aliphatic heterocycles. The molecule has 118 valence electrons. The fraction of sp³-hybridized carbons (Fsp3) is 0.500. The van der Waals surface area contributed by atoms with E-state index in [4.69, 9.17) is 9.73 Å². The first kappa shape index (κ1) is 15.1. The molecule has 4 nitrogen and oxygen atoms in total. The van der Waals surface area contributed by atoms with E-state index in [2.05, 4.69) is 47.5 Å². The minimum atomic E-state index is 0.763. The number of aliphatic imine (C=N–C) groups is 1. The summed E-state index contributed by atoms with van der Waals surface area (Å²) in [6, 6.07) is 8.62. The van der Waals surface area contributed by atoms with Gasteiger partial charge in [-0.2, -0.15) is 0 Å². The molecule has 0 saturated carbocycles. The predicted molar refractivity (Wildman–Crippen MR) is 91.6 cm³/mol. The summed E-state index contributed by atoms with van der Waals surface area (Å²) in [6.07, 6.45) is 5.40. The van der Waals surface area contributed by atoms with E-state index in [9.17, 15) is 0 Å². The summed E-state index contributed by atoms with van der Waals surface area (Å²) in [6.45, 7) is 6.49. The third-order valence-electron chi connectivity index (χ3n) is 4.23. The highest BCUT2D eigenvalue weighted by Crippen LogP contribution is 2.27. The van der Waals surface area contributed by atoms with Gasteiger partial charge in [0.2, 0.25) is 0 Å². The molecular weight excluding hydrogens is 274 g/mol. The zero-order chi connectivity index (χ0) is 15.2. The lowest BCUT2D eigenvalue weighted by molar-refractivity contribution is 0.153. The molecule has 0 unspecified atom stereocenters. The van der Waals surface area contributed by atoms with Crippen LogP contribution < -0.4 is 10.2 Å². The van der Waals surface area contributed by atoms with Crippen molar-refractivity contribution in [3.63, 3.8) is 0 Å².